The summed E-state index contributed by atoms with van der Waals surface area (Å²) in [6.07, 6.45) is 1.29. The lowest BCUT2D eigenvalue weighted by Gasteiger charge is -2.16. The predicted molar refractivity (Wildman–Crippen MR) is 65.0 cm³/mol. The maximum atomic E-state index is 5.59. The molecule has 0 saturated carbocycles. The SMILES string of the molecule is CC(C)Cn1c(C2CCOC2C)n[nH]c1=S. The lowest BCUT2D eigenvalue weighted by molar-refractivity contribution is 0.116. The minimum absolute atomic E-state index is 0.246. The second kappa shape index (κ2) is 4.67. The molecule has 0 radical (unpaired) electrons. The summed E-state index contributed by atoms with van der Waals surface area (Å²) in [6.45, 7) is 8.23. The Morgan fingerprint density at radius 3 is 2.94 bits per heavy atom. The van der Waals surface area contributed by atoms with Crippen LogP contribution in [0.2, 0.25) is 0 Å². The summed E-state index contributed by atoms with van der Waals surface area (Å²) in [7, 11) is 0. The van der Waals surface area contributed by atoms with Gasteiger partial charge in [0.1, 0.15) is 5.82 Å². The van der Waals surface area contributed by atoms with Crippen LogP contribution in [0.3, 0.4) is 0 Å². The van der Waals surface area contributed by atoms with E-state index in [1.807, 2.05) is 0 Å². The molecule has 0 amide bonds. The number of nitrogens with zero attached hydrogens (tertiary/aromatic N) is 2. The van der Waals surface area contributed by atoms with Gasteiger partial charge >= 0.3 is 0 Å². The van der Waals surface area contributed by atoms with Crippen LogP contribution in [0.25, 0.3) is 0 Å². The van der Waals surface area contributed by atoms with E-state index in [2.05, 4.69) is 35.5 Å². The Labute approximate surface area is 101 Å². The standard InChI is InChI=1S/C11H19N3OS/c1-7(2)6-14-10(12-13-11(14)16)9-4-5-15-8(9)3/h7-9H,4-6H2,1-3H3,(H,13,16). The Hall–Kier alpha value is -0.680. The van der Waals surface area contributed by atoms with Crippen LogP contribution in [-0.4, -0.2) is 27.5 Å². The van der Waals surface area contributed by atoms with E-state index >= 15 is 0 Å². The molecule has 2 rings (SSSR count). The zero-order valence-electron chi connectivity index (χ0n) is 10.1. The van der Waals surface area contributed by atoms with E-state index in [0.29, 0.717) is 11.8 Å². The second-order valence-electron chi connectivity index (χ2n) is 4.86. The first-order valence-corrected chi connectivity index (χ1v) is 6.27. The average Bonchev–Trinajstić information content (AvgIpc) is 2.75. The van der Waals surface area contributed by atoms with Crippen LogP contribution in [0.4, 0.5) is 0 Å². The monoisotopic (exact) mass is 241 g/mol. The third-order valence-corrected chi connectivity index (χ3v) is 3.36. The number of H-pyrrole nitrogens is 1. The summed E-state index contributed by atoms with van der Waals surface area (Å²) in [4.78, 5) is 0. The van der Waals surface area contributed by atoms with Gasteiger partial charge in [-0.2, -0.15) is 5.10 Å². The highest BCUT2D eigenvalue weighted by atomic mass is 32.1. The highest BCUT2D eigenvalue weighted by Crippen LogP contribution is 2.30. The highest BCUT2D eigenvalue weighted by Gasteiger charge is 2.30. The zero-order valence-corrected chi connectivity index (χ0v) is 10.9. The third-order valence-electron chi connectivity index (χ3n) is 3.04. The molecule has 0 bridgehead atoms. The summed E-state index contributed by atoms with van der Waals surface area (Å²) >= 11 is 5.27. The number of nitrogens with one attached hydrogen (secondary N) is 1. The van der Waals surface area contributed by atoms with Crippen molar-refractivity contribution in [2.45, 2.75) is 45.8 Å². The fourth-order valence-corrected chi connectivity index (χ4v) is 2.44. The van der Waals surface area contributed by atoms with Crippen molar-refractivity contribution in [3.63, 3.8) is 0 Å². The summed E-state index contributed by atoms with van der Waals surface area (Å²) in [5.74, 6) is 2.01. The molecule has 2 atom stereocenters. The molecule has 1 aliphatic rings. The first kappa shape index (κ1) is 11.8. The summed E-state index contributed by atoms with van der Waals surface area (Å²) in [5, 5.41) is 7.27. The molecule has 5 heteroatoms. The molecule has 1 aromatic heterocycles. The molecular weight excluding hydrogens is 222 g/mol. The normalized spacial score (nSPS) is 25.5. The Bertz CT molecular complexity index is 410. The van der Waals surface area contributed by atoms with Gasteiger partial charge in [0, 0.05) is 19.1 Å². The molecular formula is C11H19N3OS. The van der Waals surface area contributed by atoms with E-state index in [-0.39, 0.29) is 6.10 Å². The molecule has 16 heavy (non-hydrogen) atoms. The van der Waals surface area contributed by atoms with Gasteiger partial charge < -0.3 is 9.30 Å². The van der Waals surface area contributed by atoms with Crippen LogP contribution in [0.1, 0.15) is 38.9 Å². The van der Waals surface area contributed by atoms with Gasteiger partial charge in [-0.05, 0) is 31.5 Å². The number of ether oxygens (including phenoxy) is 1. The molecule has 1 fully saturated rings. The zero-order chi connectivity index (χ0) is 11.7. The molecule has 1 aliphatic heterocycles. The molecule has 2 unspecified atom stereocenters. The molecule has 1 aromatic rings. The first-order chi connectivity index (χ1) is 7.59. The lowest BCUT2D eigenvalue weighted by Crippen LogP contribution is -2.17. The third kappa shape index (κ3) is 2.20. The van der Waals surface area contributed by atoms with E-state index in [0.717, 1.165) is 30.2 Å². The van der Waals surface area contributed by atoms with Gasteiger partial charge in [-0.15, -0.1) is 0 Å². The molecule has 0 aliphatic carbocycles. The van der Waals surface area contributed by atoms with E-state index in [9.17, 15) is 0 Å². The Kier molecular flexibility index (Phi) is 3.44. The van der Waals surface area contributed by atoms with Crippen LogP contribution in [0, 0.1) is 10.7 Å². The number of hydrogen-bond donors (Lipinski definition) is 1. The van der Waals surface area contributed by atoms with E-state index in [1.54, 1.807) is 0 Å². The number of aromatic amines is 1. The summed E-state index contributed by atoms with van der Waals surface area (Å²) in [5.41, 5.74) is 0. The largest absolute Gasteiger partial charge is 0.378 e. The highest BCUT2D eigenvalue weighted by molar-refractivity contribution is 7.71. The van der Waals surface area contributed by atoms with Crippen molar-refractivity contribution in [1.82, 2.24) is 14.8 Å². The van der Waals surface area contributed by atoms with Gasteiger partial charge in [0.15, 0.2) is 4.77 Å². The summed E-state index contributed by atoms with van der Waals surface area (Å²) in [6, 6.07) is 0. The Morgan fingerprint density at radius 2 is 2.38 bits per heavy atom. The molecule has 1 saturated heterocycles. The molecule has 0 spiro atoms. The fraction of sp³-hybridized carbons (Fsp3) is 0.818. The minimum Gasteiger partial charge on any atom is -0.378 e. The van der Waals surface area contributed by atoms with Crippen molar-refractivity contribution >= 4 is 12.2 Å². The second-order valence-corrected chi connectivity index (χ2v) is 5.25. The molecule has 4 nitrogen and oxygen atoms in total. The average molecular weight is 241 g/mol. The first-order valence-electron chi connectivity index (χ1n) is 5.86. The molecule has 0 aromatic carbocycles. The van der Waals surface area contributed by atoms with Crippen LogP contribution in [0.15, 0.2) is 0 Å². The van der Waals surface area contributed by atoms with Crippen molar-refractivity contribution in [2.75, 3.05) is 6.61 Å². The maximum absolute atomic E-state index is 5.59. The molecule has 1 N–H and O–H groups in total. The number of rotatable bonds is 3. The fourth-order valence-electron chi connectivity index (χ4n) is 2.23. The summed E-state index contributed by atoms with van der Waals surface area (Å²) < 4.78 is 8.43. The Morgan fingerprint density at radius 1 is 1.62 bits per heavy atom. The van der Waals surface area contributed by atoms with E-state index in [1.165, 1.54) is 0 Å². The smallest absolute Gasteiger partial charge is 0.195 e. The van der Waals surface area contributed by atoms with Crippen LogP contribution >= 0.6 is 12.2 Å². The number of hydrogen-bond acceptors (Lipinski definition) is 3. The van der Waals surface area contributed by atoms with Crippen molar-refractivity contribution in [3.05, 3.63) is 10.6 Å². The van der Waals surface area contributed by atoms with Gasteiger partial charge in [-0.25, -0.2) is 0 Å². The lowest BCUT2D eigenvalue weighted by atomic mass is 10.0. The van der Waals surface area contributed by atoms with E-state index in [4.69, 9.17) is 17.0 Å². The van der Waals surface area contributed by atoms with Crippen molar-refractivity contribution < 1.29 is 4.74 Å². The maximum Gasteiger partial charge on any atom is 0.195 e. The predicted octanol–water partition coefficient (Wildman–Crippen LogP) is 2.49. The Balaban J connectivity index is 2.30. The van der Waals surface area contributed by atoms with Crippen LogP contribution in [0.5, 0.6) is 0 Å². The van der Waals surface area contributed by atoms with E-state index < -0.39 is 0 Å². The van der Waals surface area contributed by atoms with Crippen molar-refractivity contribution in [2.24, 2.45) is 5.92 Å². The van der Waals surface area contributed by atoms with Gasteiger partial charge in [-0.3, -0.25) is 5.10 Å². The molecule has 90 valence electrons. The topological polar surface area (TPSA) is 42.8 Å². The minimum atomic E-state index is 0.246. The van der Waals surface area contributed by atoms with Gasteiger partial charge in [-0.1, -0.05) is 13.8 Å². The quantitative estimate of drug-likeness (QED) is 0.827. The van der Waals surface area contributed by atoms with Crippen molar-refractivity contribution in [1.29, 1.82) is 0 Å². The van der Waals surface area contributed by atoms with Crippen LogP contribution < -0.4 is 0 Å². The number of aromatic nitrogens is 3. The van der Waals surface area contributed by atoms with Crippen molar-refractivity contribution in [3.8, 4) is 0 Å². The van der Waals surface area contributed by atoms with Gasteiger partial charge in [0.2, 0.25) is 0 Å². The molecule has 2 heterocycles. The van der Waals surface area contributed by atoms with Gasteiger partial charge in [0.05, 0.1) is 6.10 Å². The van der Waals surface area contributed by atoms with Crippen LogP contribution in [-0.2, 0) is 11.3 Å². The van der Waals surface area contributed by atoms with Gasteiger partial charge in [0.25, 0.3) is 0 Å².